The predicted octanol–water partition coefficient (Wildman–Crippen LogP) is 3.71. The second kappa shape index (κ2) is 6.15. The molecule has 7 heteroatoms. The smallest absolute Gasteiger partial charge is 0.431 e. The van der Waals surface area contributed by atoms with E-state index in [9.17, 15) is 13.2 Å². The molecule has 0 atom stereocenters. The number of piperazine rings is 1. The monoisotopic (exact) mass is 349 g/mol. The molecule has 1 saturated heterocycles. The summed E-state index contributed by atoms with van der Waals surface area (Å²) >= 11 is 0. The second-order valence-electron chi connectivity index (χ2n) is 6.14. The van der Waals surface area contributed by atoms with Crippen molar-refractivity contribution in [1.29, 1.82) is 0 Å². The van der Waals surface area contributed by atoms with Crippen LogP contribution >= 0.6 is 0 Å². The molecule has 4 nitrogen and oxygen atoms in total. The van der Waals surface area contributed by atoms with E-state index < -0.39 is 11.9 Å². The molecule has 25 heavy (non-hydrogen) atoms. The lowest BCUT2D eigenvalue weighted by atomic mass is 10.1. The van der Waals surface area contributed by atoms with Gasteiger partial charge in [0.05, 0.1) is 18.3 Å². The van der Waals surface area contributed by atoms with Gasteiger partial charge in [-0.1, -0.05) is 6.07 Å². The van der Waals surface area contributed by atoms with Crippen LogP contribution in [0.3, 0.4) is 0 Å². The minimum Gasteiger partial charge on any atom is -0.467 e. The van der Waals surface area contributed by atoms with E-state index in [1.165, 1.54) is 16.9 Å². The Balaban J connectivity index is 1.86. The fraction of sp³-hybridized carbons (Fsp3) is 0.333. The molecule has 1 aliphatic rings. The summed E-state index contributed by atoms with van der Waals surface area (Å²) in [6.45, 7) is 3.27. The summed E-state index contributed by atoms with van der Waals surface area (Å²) in [7, 11) is 0. The van der Waals surface area contributed by atoms with Crippen molar-refractivity contribution in [3.63, 3.8) is 0 Å². The minimum atomic E-state index is -4.42. The van der Waals surface area contributed by atoms with Gasteiger partial charge < -0.3 is 19.2 Å². The quantitative estimate of drug-likeness (QED) is 0.783. The van der Waals surface area contributed by atoms with Crippen molar-refractivity contribution < 1.29 is 17.6 Å². The van der Waals surface area contributed by atoms with Crippen molar-refractivity contribution >= 4 is 16.6 Å². The van der Waals surface area contributed by atoms with Crippen LogP contribution in [-0.2, 0) is 12.7 Å². The minimum absolute atomic E-state index is 0.0519. The number of nitrogens with one attached hydrogen (secondary N) is 1. The first-order chi connectivity index (χ1) is 12.0. The molecule has 132 valence electrons. The van der Waals surface area contributed by atoms with Crippen molar-refractivity contribution in [2.24, 2.45) is 0 Å². The van der Waals surface area contributed by atoms with Crippen LogP contribution in [0.1, 0.15) is 11.5 Å². The van der Waals surface area contributed by atoms with E-state index in [0.29, 0.717) is 16.7 Å². The lowest BCUT2D eigenvalue weighted by Crippen LogP contribution is -2.43. The second-order valence-corrected chi connectivity index (χ2v) is 6.14. The van der Waals surface area contributed by atoms with E-state index in [0.717, 1.165) is 31.9 Å². The van der Waals surface area contributed by atoms with Crippen molar-refractivity contribution in [1.82, 2.24) is 9.88 Å². The fourth-order valence-corrected chi connectivity index (χ4v) is 3.41. The van der Waals surface area contributed by atoms with Crippen LogP contribution in [0.2, 0.25) is 0 Å². The summed E-state index contributed by atoms with van der Waals surface area (Å²) in [5.41, 5.74) is 0.768. The highest BCUT2D eigenvalue weighted by Gasteiger charge is 2.36. The van der Waals surface area contributed by atoms with Gasteiger partial charge in [-0.25, -0.2) is 0 Å². The van der Waals surface area contributed by atoms with E-state index in [2.05, 4.69) is 10.2 Å². The lowest BCUT2D eigenvalue weighted by molar-refractivity contribution is -0.143. The maximum Gasteiger partial charge on any atom is 0.431 e. The summed E-state index contributed by atoms with van der Waals surface area (Å²) in [6, 6.07) is 10.1. The molecule has 0 aliphatic carbocycles. The molecule has 4 rings (SSSR count). The van der Waals surface area contributed by atoms with Gasteiger partial charge in [-0.05, 0) is 30.3 Å². The molecule has 0 amide bonds. The molecular formula is C18H18F3N3O. The Bertz CT molecular complexity index is 862. The molecule has 2 aromatic heterocycles. The number of anilines is 1. The first-order valence-electron chi connectivity index (χ1n) is 8.21. The van der Waals surface area contributed by atoms with Gasteiger partial charge in [-0.3, -0.25) is 0 Å². The third-order valence-corrected chi connectivity index (χ3v) is 4.56. The molecule has 0 saturated carbocycles. The summed E-state index contributed by atoms with van der Waals surface area (Å²) in [5, 5.41) is 3.89. The first kappa shape index (κ1) is 16.1. The number of nitrogens with zero attached hydrogens (tertiary/aromatic N) is 2. The van der Waals surface area contributed by atoms with Gasteiger partial charge >= 0.3 is 6.18 Å². The standard InChI is InChI=1S/C18H18F3N3O/c19-18(20,21)17-11-14-15(23-8-6-22-7-9-23)4-1-5-16(14)24(17)12-13-3-2-10-25-13/h1-5,10-11,22H,6-9,12H2. The van der Waals surface area contributed by atoms with E-state index in [-0.39, 0.29) is 6.54 Å². The summed E-state index contributed by atoms with van der Waals surface area (Å²) in [6.07, 6.45) is -2.95. The number of hydrogen-bond donors (Lipinski definition) is 1. The zero-order chi connectivity index (χ0) is 17.4. The zero-order valence-corrected chi connectivity index (χ0v) is 13.5. The van der Waals surface area contributed by atoms with Crippen molar-refractivity contribution in [2.45, 2.75) is 12.7 Å². The Morgan fingerprint density at radius 2 is 1.88 bits per heavy atom. The molecule has 1 aliphatic heterocycles. The fourth-order valence-electron chi connectivity index (χ4n) is 3.41. The normalized spacial score (nSPS) is 15.9. The molecule has 3 aromatic rings. The molecule has 0 spiro atoms. The third kappa shape index (κ3) is 3.00. The highest BCUT2D eigenvalue weighted by molar-refractivity contribution is 5.94. The topological polar surface area (TPSA) is 33.3 Å². The Labute approximate surface area is 142 Å². The van der Waals surface area contributed by atoms with Crippen LogP contribution in [0.4, 0.5) is 18.9 Å². The zero-order valence-electron chi connectivity index (χ0n) is 13.5. The summed E-state index contributed by atoms with van der Waals surface area (Å²) in [4.78, 5) is 2.14. The number of benzene rings is 1. The van der Waals surface area contributed by atoms with Crippen molar-refractivity contribution in [3.05, 3.63) is 54.1 Å². The van der Waals surface area contributed by atoms with E-state index in [1.54, 1.807) is 18.2 Å². The molecule has 3 heterocycles. The van der Waals surface area contributed by atoms with E-state index >= 15 is 0 Å². The molecule has 0 radical (unpaired) electrons. The number of furan rings is 1. The Hall–Kier alpha value is -2.41. The SMILES string of the molecule is FC(F)(F)c1cc2c(N3CCNCC3)cccc2n1Cc1ccco1. The van der Waals surface area contributed by atoms with E-state index in [4.69, 9.17) is 4.42 Å². The first-order valence-corrected chi connectivity index (χ1v) is 8.21. The van der Waals surface area contributed by atoms with E-state index in [1.807, 2.05) is 12.1 Å². The molecule has 0 unspecified atom stereocenters. The van der Waals surface area contributed by atoms with Gasteiger partial charge in [-0.15, -0.1) is 0 Å². The van der Waals surface area contributed by atoms with Gasteiger partial charge in [0, 0.05) is 37.3 Å². The molecule has 1 fully saturated rings. The molecule has 0 bridgehead atoms. The average molecular weight is 349 g/mol. The number of rotatable bonds is 3. The Kier molecular flexibility index (Phi) is 3.95. The highest BCUT2D eigenvalue weighted by atomic mass is 19.4. The van der Waals surface area contributed by atoms with Crippen LogP contribution in [0.15, 0.2) is 47.1 Å². The number of aromatic nitrogens is 1. The van der Waals surface area contributed by atoms with Crippen LogP contribution in [-0.4, -0.2) is 30.7 Å². The summed E-state index contributed by atoms with van der Waals surface area (Å²) in [5.74, 6) is 0.496. The molecule has 1 aromatic carbocycles. The Morgan fingerprint density at radius 3 is 2.56 bits per heavy atom. The van der Waals surface area contributed by atoms with Gasteiger partial charge in [0.15, 0.2) is 0 Å². The average Bonchev–Trinajstić information content (AvgIpc) is 3.23. The number of alkyl halides is 3. The molecule has 1 N–H and O–H groups in total. The lowest BCUT2D eigenvalue weighted by Gasteiger charge is -2.30. The van der Waals surface area contributed by atoms with Gasteiger partial charge in [0.25, 0.3) is 0 Å². The maximum absolute atomic E-state index is 13.6. The number of fused-ring (bicyclic) bond motifs is 1. The highest BCUT2D eigenvalue weighted by Crippen LogP contribution is 2.38. The van der Waals surface area contributed by atoms with Crippen LogP contribution < -0.4 is 10.2 Å². The van der Waals surface area contributed by atoms with Crippen molar-refractivity contribution in [3.8, 4) is 0 Å². The van der Waals surface area contributed by atoms with Gasteiger partial charge in [0.2, 0.25) is 0 Å². The maximum atomic E-state index is 13.6. The molecular weight excluding hydrogens is 331 g/mol. The predicted molar refractivity (Wildman–Crippen MR) is 89.8 cm³/mol. The summed E-state index contributed by atoms with van der Waals surface area (Å²) < 4.78 is 47.4. The van der Waals surface area contributed by atoms with Crippen LogP contribution in [0.25, 0.3) is 10.9 Å². The van der Waals surface area contributed by atoms with Gasteiger partial charge in [0.1, 0.15) is 11.5 Å². The van der Waals surface area contributed by atoms with Crippen molar-refractivity contribution in [2.75, 3.05) is 31.1 Å². The van der Waals surface area contributed by atoms with Crippen LogP contribution in [0.5, 0.6) is 0 Å². The number of halogens is 3. The third-order valence-electron chi connectivity index (χ3n) is 4.56. The largest absolute Gasteiger partial charge is 0.467 e. The van der Waals surface area contributed by atoms with Gasteiger partial charge in [-0.2, -0.15) is 13.2 Å². The Morgan fingerprint density at radius 1 is 1.08 bits per heavy atom. The van der Waals surface area contributed by atoms with Crippen LogP contribution in [0, 0.1) is 0 Å². The number of hydrogen-bond acceptors (Lipinski definition) is 3.